The number of nitrogen functional groups attached to an aromatic ring is 1. The van der Waals surface area contributed by atoms with E-state index in [1.807, 2.05) is 12.1 Å². The van der Waals surface area contributed by atoms with Gasteiger partial charge < -0.3 is 5.73 Å². The van der Waals surface area contributed by atoms with E-state index in [2.05, 4.69) is 50.9 Å². The van der Waals surface area contributed by atoms with E-state index in [4.69, 9.17) is 5.73 Å². The summed E-state index contributed by atoms with van der Waals surface area (Å²) in [6.07, 6.45) is 8.61. The summed E-state index contributed by atoms with van der Waals surface area (Å²) in [5.41, 5.74) is 8.42. The number of rotatable bonds is 2. The van der Waals surface area contributed by atoms with Gasteiger partial charge in [0.1, 0.15) is 0 Å². The highest BCUT2D eigenvalue weighted by atomic mass is 28.3. The predicted molar refractivity (Wildman–Crippen MR) is 68.4 cm³/mol. The van der Waals surface area contributed by atoms with Crippen LogP contribution in [0.2, 0.25) is 13.1 Å². The molecule has 1 fully saturated rings. The Hall–Kier alpha value is -0.763. The second kappa shape index (κ2) is 4.01. The van der Waals surface area contributed by atoms with Gasteiger partial charge in [-0.25, -0.2) is 0 Å². The van der Waals surface area contributed by atoms with E-state index in [-0.39, 0.29) is 0 Å². The Kier molecular flexibility index (Phi) is 2.87. The lowest BCUT2D eigenvalue weighted by Gasteiger charge is -2.30. The van der Waals surface area contributed by atoms with Crippen LogP contribution >= 0.6 is 0 Å². The fraction of sp³-hybridized carbons (Fsp3) is 0.154. The van der Waals surface area contributed by atoms with E-state index in [0.717, 1.165) is 5.69 Å². The van der Waals surface area contributed by atoms with Gasteiger partial charge in [-0.1, -0.05) is 31.3 Å². The Morgan fingerprint density at radius 3 is 2.20 bits per heavy atom. The molecule has 0 spiro atoms. The van der Waals surface area contributed by atoms with Gasteiger partial charge in [0.25, 0.3) is 0 Å². The molecule has 15 heavy (non-hydrogen) atoms. The van der Waals surface area contributed by atoms with Crippen LogP contribution in [0.15, 0.2) is 24.3 Å². The molecule has 1 aromatic carbocycles. The van der Waals surface area contributed by atoms with Crippen molar-refractivity contribution in [3.05, 3.63) is 55.5 Å². The van der Waals surface area contributed by atoms with Gasteiger partial charge in [0.05, 0.1) is 8.07 Å². The SMILES string of the molecule is C[Si](C)([C]1[CH][CH][CH][CH]1)c1ccccc1N. The van der Waals surface area contributed by atoms with Crippen LogP contribution in [-0.2, 0) is 0 Å². The van der Waals surface area contributed by atoms with Gasteiger partial charge in [0.15, 0.2) is 0 Å². The highest BCUT2D eigenvalue weighted by Crippen LogP contribution is 2.32. The quantitative estimate of drug-likeness (QED) is 0.592. The number of para-hydroxylation sites is 1. The Labute approximate surface area is 93.7 Å². The summed E-state index contributed by atoms with van der Waals surface area (Å²) in [6.45, 7) is 4.68. The number of benzene rings is 1. The normalized spacial score (nSPS) is 18.3. The molecule has 1 aliphatic carbocycles. The van der Waals surface area contributed by atoms with Crippen molar-refractivity contribution in [2.75, 3.05) is 5.73 Å². The summed E-state index contributed by atoms with van der Waals surface area (Å²) in [5.74, 6) is 0. The Bertz CT molecular complexity index is 340. The minimum atomic E-state index is -1.57. The number of hydrogen-bond acceptors (Lipinski definition) is 1. The van der Waals surface area contributed by atoms with E-state index >= 15 is 0 Å². The first-order valence-corrected chi connectivity index (χ1v) is 8.19. The van der Waals surface area contributed by atoms with E-state index in [9.17, 15) is 0 Å². The molecule has 0 aliphatic heterocycles. The van der Waals surface area contributed by atoms with Gasteiger partial charge in [0, 0.05) is 5.69 Å². The summed E-state index contributed by atoms with van der Waals surface area (Å²) in [4.78, 5) is 0. The van der Waals surface area contributed by atoms with Crippen molar-refractivity contribution in [3.8, 4) is 0 Å². The maximum atomic E-state index is 6.05. The van der Waals surface area contributed by atoms with Crippen molar-refractivity contribution >= 4 is 18.9 Å². The number of hydrogen-bond donors (Lipinski definition) is 1. The average molecular weight is 214 g/mol. The molecule has 2 N–H and O–H groups in total. The zero-order valence-corrected chi connectivity index (χ0v) is 10.2. The molecule has 0 heterocycles. The summed E-state index contributed by atoms with van der Waals surface area (Å²) in [6, 6.07) is 8.22. The standard InChI is InChI=1S/C13H16NSi/c1-15(2,11-7-3-4-8-11)13-10-6-5-9-12(13)14/h3-10H,14H2,1-2H3. The zero-order chi connectivity index (χ0) is 10.9. The lowest BCUT2D eigenvalue weighted by atomic mass is 10.3. The molecule has 2 rings (SSSR count). The van der Waals surface area contributed by atoms with Crippen LogP contribution in [0.5, 0.6) is 0 Å². The Balaban J connectivity index is 2.31. The van der Waals surface area contributed by atoms with Crippen LogP contribution in [0.3, 0.4) is 0 Å². The third-order valence-electron chi connectivity index (χ3n) is 3.02. The number of anilines is 1. The van der Waals surface area contributed by atoms with Crippen LogP contribution < -0.4 is 10.9 Å². The van der Waals surface area contributed by atoms with Crippen molar-refractivity contribution in [1.29, 1.82) is 0 Å². The first-order valence-electron chi connectivity index (χ1n) is 5.19. The van der Waals surface area contributed by atoms with Crippen molar-refractivity contribution in [1.82, 2.24) is 0 Å². The van der Waals surface area contributed by atoms with Crippen molar-refractivity contribution in [2.24, 2.45) is 0 Å². The molecule has 0 atom stereocenters. The van der Waals surface area contributed by atoms with Crippen LogP contribution in [0, 0.1) is 31.2 Å². The molecule has 77 valence electrons. The summed E-state index contributed by atoms with van der Waals surface area (Å²) >= 11 is 0. The van der Waals surface area contributed by atoms with Crippen LogP contribution in [-0.4, -0.2) is 8.07 Å². The third-order valence-corrected chi connectivity index (χ3v) is 6.60. The molecule has 0 saturated heterocycles. The molecule has 0 amide bonds. The molecule has 0 bridgehead atoms. The van der Waals surface area contributed by atoms with Gasteiger partial charge in [-0.2, -0.15) is 0 Å². The highest BCUT2D eigenvalue weighted by molar-refractivity contribution is 6.96. The lowest BCUT2D eigenvalue weighted by molar-refractivity contribution is 1.42. The minimum Gasteiger partial charge on any atom is -0.399 e. The van der Waals surface area contributed by atoms with Crippen LogP contribution in [0.25, 0.3) is 0 Å². The topological polar surface area (TPSA) is 26.0 Å². The second-order valence-electron chi connectivity index (χ2n) is 4.39. The molecule has 5 radical (unpaired) electrons. The third kappa shape index (κ3) is 1.96. The molecule has 1 aromatic rings. The van der Waals surface area contributed by atoms with Gasteiger partial charge >= 0.3 is 0 Å². The molecule has 0 aromatic heterocycles. The van der Waals surface area contributed by atoms with Gasteiger partial charge in [-0.15, -0.1) is 0 Å². The maximum absolute atomic E-state index is 6.05. The van der Waals surface area contributed by atoms with Crippen LogP contribution in [0.4, 0.5) is 5.69 Å². The largest absolute Gasteiger partial charge is 0.399 e. The Morgan fingerprint density at radius 2 is 1.60 bits per heavy atom. The fourth-order valence-electron chi connectivity index (χ4n) is 2.01. The van der Waals surface area contributed by atoms with Crippen molar-refractivity contribution in [2.45, 2.75) is 13.1 Å². The van der Waals surface area contributed by atoms with Crippen LogP contribution in [0.1, 0.15) is 0 Å². The lowest BCUT2D eigenvalue weighted by Crippen LogP contribution is -2.48. The molecule has 1 nitrogen and oxygen atoms in total. The minimum absolute atomic E-state index is 0.926. The average Bonchev–Trinajstić information content (AvgIpc) is 2.71. The van der Waals surface area contributed by atoms with Crippen molar-refractivity contribution < 1.29 is 0 Å². The first-order chi connectivity index (χ1) is 7.12. The Morgan fingerprint density at radius 1 is 1.00 bits per heavy atom. The van der Waals surface area contributed by atoms with Crippen molar-refractivity contribution in [3.63, 3.8) is 0 Å². The van der Waals surface area contributed by atoms with E-state index < -0.39 is 8.07 Å². The summed E-state index contributed by atoms with van der Waals surface area (Å²) in [5, 5.41) is 1.33. The predicted octanol–water partition coefficient (Wildman–Crippen LogP) is 2.13. The van der Waals surface area contributed by atoms with Gasteiger partial charge in [-0.3, -0.25) is 0 Å². The van der Waals surface area contributed by atoms with Gasteiger partial charge in [0.2, 0.25) is 0 Å². The fourth-order valence-corrected chi connectivity index (χ4v) is 4.67. The maximum Gasteiger partial charge on any atom is 0.0903 e. The molecular weight excluding hydrogens is 198 g/mol. The summed E-state index contributed by atoms with van der Waals surface area (Å²) < 4.78 is 0. The first kappa shape index (κ1) is 10.7. The molecular formula is C13H16NSi. The number of nitrogens with two attached hydrogens (primary N) is 1. The van der Waals surface area contributed by atoms with E-state index in [1.54, 1.807) is 0 Å². The van der Waals surface area contributed by atoms with E-state index in [0.29, 0.717) is 0 Å². The van der Waals surface area contributed by atoms with E-state index in [1.165, 1.54) is 10.7 Å². The monoisotopic (exact) mass is 214 g/mol. The molecule has 0 unspecified atom stereocenters. The highest BCUT2D eigenvalue weighted by Gasteiger charge is 2.37. The molecule has 1 aliphatic rings. The smallest absolute Gasteiger partial charge is 0.0903 e. The summed E-state index contributed by atoms with van der Waals surface area (Å²) in [7, 11) is -1.57. The molecule has 2 heteroatoms. The molecule has 1 saturated carbocycles. The zero-order valence-electron chi connectivity index (χ0n) is 9.20. The van der Waals surface area contributed by atoms with Gasteiger partial charge in [-0.05, 0) is 42.5 Å². The second-order valence-corrected chi connectivity index (χ2v) is 8.75.